The van der Waals surface area contributed by atoms with Crippen molar-refractivity contribution < 1.29 is 19.1 Å². The zero-order valence-corrected chi connectivity index (χ0v) is 23.2. The molecule has 0 radical (unpaired) electrons. The minimum absolute atomic E-state index is 0.0877. The Labute approximate surface area is 234 Å². The van der Waals surface area contributed by atoms with Crippen molar-refractivity contribution in [3.05, 3.63) is 94.2 Å². The molecule has 3 aliphatic heterocycles. The van der Waals surface area contributed by atoms with E-state index in [1.54, 1.807) is 7.11 Å². The first kappa shape index (κ1) is 27.2. The van der Waals surface area contributed by atoms with Gasteiger partial charge in [-0.25, -0.2) is 9.79 Å². The van der Waals surface area contributed by atoms with Crippen molar-refractivity contribution >= 4 is 28.8 Å². The molecule has 1 fully saturated rings. The van der Waals surface area contributed by atoms with Crippen LogP contribution in [0.1, 0.15) is 30.5 Å². The summed E-state index contributed by atoms with van der Waals surface area (Å²) in [6.07, 6.45) is 0.249. The number of thioether (sulfide) groups is 1. The lowest BCUT2D eigenvalue weighted by atomic mass is 9.94. The maximum atomic E-state index is 13.5. The monoisotopic (exact) mass is 546 g/mol. The molecule has 0 N–H and O–H groups in total. The van der Waals surface area contributed by atoms with Crippen LogP contribution in [0.4, 0.5) is 0 Å². The molecule has 204 valence electrons. The summed E-state index contributed by atoms with van der Waals surface area (Å²) in [5.74, 6) is -0.330. The van der Waals surface area contributed by atoms with Gasteiger partial charge in [0.1, 0.15) is 6.61 Å². The highest BCUT2D eigenvalue weighted by atomic mass is 32.2. The summed E-state index contributed by atoms with van der Waals surface area (Å²) >= 11 is 1.49. The highest BCUT2D eigenvalue weighted by molar-refractivity contribution is 8.16. The van der Waals surface area contributed by atoms with Gasteiger partial charge in [-0.2, -0.15) is 0 Å². The Morgan fingerprint density at radius 3 is 2.36 bits per heavy atom. The van der Waals surface area contributed by atoms with E-state index >= 15 is 0 Å². The lowest BCUT2D eigenvalue weighted by Gasteiger charge is -2.38. The van der Waals surface area contributed by atoms with Gasteiger partial charge in [-0.1, -0.05) is 72.4 Å². The number of methoxy groups -OCH3 is 1. The number of allylic oxidation sites excluding steroid dienone is 1. The van der Waals surface area contributed by atoms with Gasteiger partial charge >= 0.3 is 5.97 Å². The second kappa shape index (κ2) is 12.6. The molecule has 0 unspecified atom stereocenters. The molecule has 0 aromatic heterocycles. The van der Waals surface area contributed by atoms with Crippen molar-refractivity contribution in [1.29, 1.82) is 0 Å². The quantitative estimate of drug-likeness (QED) is 0.345. The number of piperazine rings is 1. The summed E-state index contributed by atoms with van der Waals surface area (Å²) in [6.45, 7) is 6.30. The van der Waals surface area contributed by atoms with Crippen molar-refractivity contribution in [3.8, 4) is 0 Å². The molecule has 3 heterocycles. The number of carbonyl (C=O) groups excluding carboxylic acids is 2. The average Bonchev–Trinajstić information content (AvgIpc) is 3.35. The maximum absolute atomic E-state index is 13.5. The highest BCUT2D eigenvalue weighted by Crippen LogP contribution is 2.44. The molecule has 5 rings (SSSR count). The van der Waals surface area contributed by atoms with Gasteiger partial charge in [0.15, 0.2) is 5.17 Å². The van der Waals surface area contributed by atoms with Gasteiger partial charge < -0.3 is 19.3 Å². The molecule has 9 heteroatoms. The predicted octanol–water partition coefficient (Wildman–Crippen LogP) is 4.19. The van der Waals surface area contributed by atoms with Crippen LogP contribution in [0.3, 0.4) is 0 Å². The number of hydrogen-bond acceptors (Lipinski definition) is 8. The zero-order chi connectivity index (χ0) is 27.2. The van der Waals surface area contributed by atoms with Gasteiger partial charge in [0, 0.05) is 45.5 Å². The van der Waals surface area contributed by atoms with E-state index in [2.05, 4.69) is 29.2 Å². The Kier molecular flexibility index (Phi) is 8.81. The Bertz CT molecular complexity index is 1270. The van der Waals surface area contributed by atoms with Gasteiger partial charge in [0.05, 0.1) is 30.3 Å². The summed E-state index contributed by atoms with van der Waals surface area (Å²) in [6, 6.07) is 19.9. The van der Waals surface area contributed by atoms with Crippen molar-refractivity contribution in [2.24, 2.45) is 4.99 Å². The maximum Gasteiger partial charge on any atom is 0.338 e. The van der Waals surface area contributed by atoms with E-state index in [4.69, 9.17) is 14.5 Å². The van der Waals surface area contributed by atoms with Crippen LogP contribution in [0.2, 0.25) is 0 Å². The average molecular weight is 547 g/mol. The number of amidine groups is 1. The van der Waals surface area contributed by atoms with Crippen LogP contribution in [0, 0.1) is 0 Å². The SMILES string of the molecule is COCCOC(=O)C1=C(C)N=C2SC=C(CC(=O)N3CCN(Cc4ccccc4)CC3)N2[C@@H]1c1ccccc1. The molecule has 2 aromatic rings. The summed E-state index contributed by atoms with van der Waals surface area (Å²) in [7, 11) is 1.57. The smallest absolute Gasteiger partial charge is 0.338 e. The van der Waals surface area contributed by atoms with E-state index in [0.717, 1.165) is 36.1 Å². The van der Waals surface area contributed by atoms with Crippen molar-refractivity contribution in [2.75, 3.05) is 46.5 Å². The number of benzene rings is 2. The second-order valence-corrected chi connectivity index (χ2v) is 10.6. The molecule has 3 aliphatic rings. The van der Waals surface area contributed by atoms with Gasteiger partial charge in [-0.3, -0.25) is 9.69 Å². The molecular formula is C30H34N4O4S. The van der Waals surface area contributed by atoms with Gasteiger partial charge in [0.2, 0.25) is 5.91 Å². The summed E-state index contributed by atoms with van der Waals surface area (Å²) in [4.78, 5) is 37.8. The van der Waals surface area contributed by atoms with Crippen molar-refractivity contribution in [2.45, 2.75) is 25.9 Å². The fraction of sp³-hybridized carbons (Fsp3) is 0.367. The number of amides is 1. The molecule has 0 saturated carbocycles. The number of hydrogen-bond donors (Lipinski definition) is 0. The molecule has 0 aliphatic carbocycles. The lowest BCUT2D eigenvalue weighted by Crippen LogP contribution is -2.48. The van der Waals surface area contributed by atoms with Crippen LogP contribution in [-0.4, -0.2) is 78.2 Å². The van der Waals surface area contributed by atoms with E-state index < -0.39 is 12.0 Å². The van der Waals surface area contributed by atoms with E-state index in [9.17, 15) is 9.59 Å². The molecule has 1 amide bonds. The topological polar surface area (TPSA) is 74.7 Å². The normalized spacial score (nSPS) is 19.5. The van der Waals surface area contributed by atoms with Crippen molar-refractivity contribution in [3.63, 3.8) is 0 Å². The van der Waals surface area contributed by atoms with Gasteiger partial charge in [-0.15, -0.1) is 0 Å². The number of nitrogens with zero attached hydrogens (tertiary/aromatic N) is 4. The number of ether oxygens (including phenoxy) is 2. The Balaban J connectivity index is 1.29. The predicted molar refractivity (Wildman–Crippen MR) is 153 cm³/mol. The van der Waals surface area contributed by atoms with Crippen molar-refractivity contribution in [1.82, 2.24) is 14.7 Å². The van der Waals surface area contributed by atoms with Crippen LogP contribution < -0.4 is 0 Å². The minimum Gasteiger partial charge on any atom is -0.460 e. The first-order valence-electron chi connectivity index (χ1n) is 13.2. The van der Waals surface area contributed by atoms with Crippen LogP contribution >= 0.6 is 11.8 Å². The number of aliphatic imine (C=N–C) groups is 1. The first-order chi connectivity index (χ1) is 19.0. The summed E-state index contributed by atoms with van der Waals surface area (Å²) in [5.41, 5.74) is 4.18. The van der Waals surface area contributed by atoms with E-state index in [1.807, 2.05) is 58.5 Å². The molecule has 39 heavy (non-hydrogen) atoms. The first-order valence-corrected chi connectivity index (χ1v) is 14.1. The largest absolute Gasteiger partial charge is 0.460 e. The molecule has 2 aromatic carbocycles. The van der Waals surface area contributed by atoms with E-state index in [1.165, 1.54) is 17.3 Å². The molecule has 8 nitrogen and oxygen atoms in total. The number of esters is 1. The van der Waals surface area contributed by atoms with Gasteiger partial charge in [-0.05, 0) is 23.5 Å². The lowest BCUT2D eigenvalue weighted by molar-refractivity contribution is -0.141. The highest BCUT2D eigenvalue weighted by Gasteiger charge is 2.41. The van der Waals surface area contributed by atoms with Crippen LogP contribution in [-0.2, 0) is 25.6 Å². The Morgan fingerprint density at radius 2 is 1.67 bits per heavy atom. The van der Waals surface area contributed by atoms with Crippen LogP contribution in [0.25, 0.3) is 0 Å². The zero-order valence-electron chi connectivity index (χ0n) is 22.4. The van der Waals surface area contributed by atoms with E-state index in [-0.39, 0.29) is 18.9 Å². The van der Waals surface area contributed by atoms with Crippen LogP contribution in [0.15, 0.2) is 88.0 Å². The Morgan fingerprint density at radius 1 is 0.974 bits per heavy atom. The standard InChI is InChI=1S/C30H34N4O4S/c1-22-27(29(36)38-18-17-37-2)28(24-11-7-4-8-12-24)34-25(21-39-30(34)31-22)19-26(35)33-15-13-32(14-16-33)20-23-9-5-3-6-10-23/h3-12,21,28H,13-20H2,1-2H3/t28-/m1/s1. The molecule has 1 saturated heterocycles. The van der Waals surface area contributed by atoms with E-state index in [0.29, 0.717) is 31.0 Å². The second-order valence-electron chi connectivity index (χ2n) is 9.75. The molecule has 0 spiro atoms. The van der Waals surface area contributed by atoms with Gasteiger partial charge in [0.25, 0.3) is 0 Å². The number of carbonyl (C=O) groups is 2. The third kappa shape index (κ3) is 6.27. The Hall–Kier alpha value is -3.40. The number of fused-ring (bicyclic) bond motifs is 1. The molecule has 1 atom stereocenters. The minimum atomic E-state index is -0.425. The number of rotatable bonds is 9. The third-order valence-electron chi connectivity index (χ3n) is 7.16. The van der Waals surface area contributed by atoms with Crippen LogP contribution in [0.5, 0.6) is 0 Å². The third-order valence-corrected chi connectivity index (χ3v) is 8.05. The fourth-order valence-corrected chi connectivity index (χ4v) is 6.10. The molecular weight excluding hydrogens is 512 g/mol. The summed E-state index contributed by atoms with van der Waals surface area (Å²) in [5, 5.41) is 2.76. The fourth-order valence-electron chi connectivity index (χ4n) is 5.14. The summed E-state index contributed by atoms with van der Waals surface area (Å²) < 4.78 is 10.6. The molecule has 0 bridgehead atoms.